The Morgan fingerprint density at radius 3 is 2.70 bits per heavy atom. The summed E-state index contributed by atoms with van der Waals surface area (Å²) in [6, 6.07) is 6.03. The van der Waals surface area contributed by atoms with Crippen molar-refractivity contribution in [3.05, 3.63) is 48.3 Å². The predicted molar refractivity (Wildman–Crippen MR) is 107 cm³/mol. The lowest BCUT2D eigenvalue weighted by atomic mass is 9.79. The molecule has 0 aliphatic heterocycles. The molecule has 30 heavy (non-hydrogen) atoms. The van der Waals surface area contributed by atoms with Gasteiger partial charge < -0.3 is 15.8 Å². The Morgan fingerprint density at radius 1 is 1.33 bits per heavy atom. The molecule has 0 saturated heterocycles. The fraction of sp³-hybridized carbons (Fsp3) is 0.381. The number of anilines is 1. The second-order valence-corrected chi connectivity index (χ2v) is 7.85. The number of ether oxygens (including phenoxy) is 1. The molecule has 2 aromatic rings. The average molecular weight is 420 g/mol. The molecule has 2 heterocycles. The van der Waals surface area contributed by atoms with Crippen molar-refractivity contribution in [2.24, 2.45) is 5.73 Å². The Kier molecular flexibility index (Phi) is 5.85. The van der Waals surface area contributed by atoms with Gasteiger partial charge in [-0.25, -0.2) is 23.1 Å². The molecule has 0 saturated carbocycles. The highest BCUT2D eigenvalue weighted by Gasteiger charge is 2.42. The number of alkyl halides is 3. The summed E-state index contributed by atoms with van der Waals surface area (Å²) in [4.78, 5) is 19.3. The molecule has 0 bridgehead atoms. The number of amides is 1. The molecule has 2 aromatic heterocycles. The number of hydrogen-bond donors (Lipinski definition) is 2. The van der Waals surface area contributed by atoms with Crippen molar-refractivity contribution in [2.75, 3.05) is 5.32 Å². The van der Waals surface area contributed by atoms with Crippen LogP contribution in [0.2, 0.25) is 0 Å². The van der Waals surface area contributed by atoms with E-state index in [9.17, 15) is 18.0 Å². The monoisotopic (exact) mass is 420 g/mol. The first kappa shape index (κ1) is 21.8. The standard InChI is InChI=1S/C21H23F3N4O2/c1-12(29)27-17-10-13(7-9-26-17)14-4-5-15(18(28-14)19(22)23)30-16-6-8-20(2,24)11-21(16,3)25/h4-10,16,19H,11,25H2,1-3H3,(H,26,27,29)/t16-,20?,21?/m0/s1. The first-order valence-corrected chi connectivity index (χ1v) is 9.34. The Morgan fingerprint density at radius 2 is 2.07 bits per heavy atom. The summed E-state index contributed by atoms with van der Waals surface area (Å²) in [5.74, 6) is -0.153. The lowest BCUT2D eigenvalue weighted by Gasteiger charge is -2.39. The zero-order chi connectivity index (χ0) is 22.1. The molecule has 1 amide bonds. The number of hydrogen-bond acceptors (Lipinski definition) is 5. The minimum absolute atomic E-state index is 0.0143. The van der Waals surface area contributed by atoms with Crippen LogP contribution >= 0.6 is 0 Å². The zero-order valence-corrected chi connectivity index (χ0v) is 16.8. The topological polar surface area (TPSA) is 90.1 Å². The highest BCUT2D eigenvalue weighted by Crippen LogP contribution is 2.36. The molecular formula is C21H23F3N4O2. The Balaban J connectivity index is 1.92. The SMILES string of the molecule is CC(=O)Nc1cc(-c2ccc(O[C@H]3C=CC(C)(F)CC3(C)N)c(C(F)F)n2)ccn1. The minimum atomic E-state index is -2.90. The first-order chi connectivity index (χ1) is 14.0. The van der Waals surface area contributed by atoms with E-state index in [0.717, 1.165) is 0 Å². The van der Waals surface area contributed by atoms with Crippen LogP contribution in [0.15, 0.2) is 42.6 Å². The second-order valence-electron chi connectivity index (χ2n) is 7.85. The van der Waals surface area contributed by atoms with Gasteiger partial charge in [0.05, 0.1) is 11.2 Å². The van der Waals surface area contributed by atoms with E-state index in [0.29, 0.717) is 5.56 Å². The van der Waals surface area contributed by atoms with Crippen LogP contribution in [-0.2, 0) is 4.79 Å². The Labute approximate surface area is 172 Å². The van der Waals surface area contributed by atoms with Gasteiger partial charge in [-0.05, 0) is 50.3 Å². The molecule has 1 aliphatic carbocycles. The number of nitrogens with one attached hydrogen (secondary N) is 1. The van der Waals surface area contributed by atoms with Crippen LogP contribution in [0.1, 0.15) is 39.3 Å². The highest BCUT2D eigenvalue weighted by molar-refractivity contribution is 5.88. The lowest BCUT2D eigenvalue weighted by Crippen LogP contribution is -2.55. The number of halogens is 3. The fourth-order valence-corrected chi connectivity index (χ4v) is 3.44. The van der Waals surface area contributed by atoms with Gasteiger partial charge in [0.15, 0.2) is 0 Å². The Bertz CT molecular complexity index is 976. The molecule has 2 unspecified atom stereocenters. The number of carbonyl (C=O) groups is 1. The molecule has 3 N–H and O–H groups in total. The molecule has 0 aromatic carbocycles. The van der Waals surface area contributed by atoms with Gasteiger partial charge in [0, 0.05) is 25.1 Å². The minimum Gasteiger partial charge on any atom is -0.482 e. The zero-order valence-electron chi connectivity index (χ0n) is 16.8. The number of pyridine rings is 2. The molecule has 9 heteroatoms. The maximum Gasteiger partial charge on any atom is 0.284 e. The summed E-state index contributed by atoms with van der Waals surface area (Å²) < 4.78 is 47.4. The quantitative estimate of drug-likeness (QED) is 0.708. The maximum atomic E-state index is 14.3. The van der Waals surface area contributed by atoms with Crippen LogP contribution in [0.4, 0.5) is 19.0 Å². The van der Waals surface area contributed by atoms with Crippen molar-refractivity contribution >= 4 is 11.7 Å². The van der Waals surface area contributed by atoms with Crippen LogP contribution in [0.5, 0.6) is 5.75 Å². The smallest absolute Gasteiger partial charge is 0.284 e. The third kappa shape index (κ3) is 4.96. The van der Waals surface area contributed by atoms with Crippen LogP contribution < -0.4 is 15.8 Å². The maximum absolute atomic E-state index is 14.3. The largest absolute Gasteiger partial charge is 0.482 e. The molecular weight excluding hydrogens is 397 g/mol. The van der Waals surface area contributed by atoms with Gasteiger partial charge in [-0.3, -0.25) is 4.79 Å². The summed E-state index contributed by atoms with van der Waals surface area (Å²) in [6.45, 7) is 4.35. The van der Waals surface area contributed by atoms with E-state index < -0.39 is 29.4 Å². The number of carbonyl (C=O) groups excluding carboxylic acids is 1. The lowest BCUT2D eigenvalue weighted by molar-refractivity contribution is -0.114. The van der Waals surface area contributed by atoms with Crippen LogP contribution in [0.25, 0.3) is 11.3 Å². The molecule has 1 aliphatic rings. The molecule has 3 rings (SSSR count). The van der Waals surface area contributed by atoms with E-state index in [1.54, 1.807) is 13.0 Å². The molecule has 3 atom stereocenters. The normalized spacial score (nSPS) is 25.9. The summed E-state index contributed by atoms with van der Waals surface area (Å²) in [5, 5.41) is 2.53. The summed E-state index contributed by atoms with van der Waals surface area (Å²) >= 11 is 0. The third-order valence-electron chi connectivity index (χ3n) is 4.70. The van der Waals surface area contributed by atoms with Crippen molar-refractivity contribution in [1.82, 2.24) is 9.97 Å². The van der Waals surface area contributed by atoms with E-state index >= 15 is 0 Å². The van der Waals surface area contributed by atoms with Gasteiger partial charge >= 0.3 is 0 Å². The van der Waals surface area contributed by atoms with Crippen molar-refractivity contribution in [1.29, 1.82) is 0 Å². The third-order valence-corrected chi connectivity index (χ3v) is 4.70. The molecule has 0 spiro atoms. The Hall–Kier alpha value is -2.94. The van der Waals surface area contributed by atoms with E-state index in [1.807, 2.05) is 0 Å². The van der Waals surface area contributed by atoms with Gasteiger partial charge in [-0.1, -0.05) is 0 Å². The van der Waals surface area contributed by atoms with Crippen LogP contribution in [-0.4, -0.2) is 33.2 Å². The van der Waals surface area contributed by atoms with Gasteiger partial charge in [0.1, 0.15) is 29.0 Å². The predicted octanol–water partition coefficient (Wildman–Crippen LogP) is 4.19. The average Bonchev–Trinajstić information content (AvgIpc) is 2.62. The van der Waals surface area contributed by atoms with Gasteiger partial charge in [-0.2, -0.15) is 0 Å². The molecule has 6 nitrogen and oxygen atoms in total. The number of rotatable bonds is 5. The van der Waals surface area contributed by atoms with Crippen LogP contribution in [0.3, 0.4) is 0 Å². The summed E-state index contributed by atoms with van der Waals surface area (Å²) in [6.07, 6.45) is 0.513. The van der Waals surface area contributed by atoms with Gasteiger partial charge in [-0.15, -0.1) is 0 Å². The molecule has 160 valence electrons. The van der Waals surface area contributed by atoms with Crippen molar-refractivity contribution in [3.8, 4) is 17.0 Å². The van der Waals surface area contributed by atoms with E-state index in [2.05, 4.69) is 15.3 Å². The van der Waals surface area contributed by atoms with Crippen molar-refractivity contribution in [3.63, 3.8) is 0 Å². The fourth-order valence-electron chi connectivity index (χ4n) is 3.44. The van der Waals surface area contributed by atoms with Gasteiger partial charge in [0.2, 0.25) is 5.91 Å². The van der Waals surface area contributed by atoms with E-state index in [4.69, 9.17) is 10.5 Å². The number of nitrogens with two attached hydrogens (primary N) is 1. The van der Waals surface area contributed by atoms with Crippen molar-refractivity contribution < 1.29 is 22.7 Å². The van der Waals surface area contributed by atoms with Crippen molar-refractivity contribution in [2.45, 2.75) is 50.9 Å². The number of nitrogens with zero attached hydrogens (tertiary/aromatic N) is 2. The highest BCUT2D eigenvalue weighted by atomic mass is 19.3. The second kappa shape index (κ2) is 8.06. The molecule has 0 radical (unpaired) electrons. The van der Waals surface area contributed by atoms with E-state index in [-0.39, 0.29) is 29.6 Å². The molecule has 0 fully saturated rings. The van der Waals surface area contributed by atoms with E-state index in [1.165, 1.54) is 50.4 Å². The number of aromatic nitrogens is 2. The van der Waals surface area contributed by atoms with Crippen LogP contribution in [0, 0.1) is 0 Å². The van der Waals surface area contributed by atoms with Gasteiger partial charge in [0.25, 0.3) is 6.43 Å². The first-order valence-electron chi connectivity index (χ1n) is 9.34. The summed E-state index contributed by atoms with van der Waals surface area (Å²) in [7, 11) is 0. The summed E-state index contributed by atoms with van der Waals surface area (Å²) in [5.41, 5.74) is 3.71. The number of allylic oxidation sites excluding steroid dienone is 1.